The molecule has 0 unspecified atom stereocenters. The Morgan fingerprint density at radius 1 is 1.07 bits per heavy atom. The molecule has 0 spiro atoms. The molecule has 0 aliphatic heterocycles. The highest BCUT2D eigenvalue weighted by Crippen LogP contribution is 2.35. The van der Waals surface area contributed by atoms with E-state index < -0.39 is 0 Å². The molecule has 0 bridgehead atoms. The third kappa shape index (κ3) is 4.16. The molecule has 0 radical (unpaired) electrons. The van der Waals surface area contributed by atoms with Crippen LogP contribution in [0.1, 0.15) is 18.9 Å². The summed E-state index contributed by atoms with van der Waals surface area (Å²) in [6.45, 7) is 2.71. The van der Waals surface area contributed by atoms with E-state index in [1.807, 2.05) is 30.3 Å². The third-order valence-corrected chi connectivity index (χ3v) is 4.55. The number of rotatable bonds is 5. The van der Waals surface area contributed by atoms with E-state index in [1.165, 1.54) is 0 Å². The van der Waals surface area contributed by atoms with Gasteiger partial charge in [-0.05, 0) is 48.4 Å². The van der Waals surface area contributed by atoms with Crippen LogP contribution in [0.5, 0.6) is 5.75 Å². The van der Waals surface area contributed by atoms with Gasteiger partial charge in [0.2, 0.25) is 0 Å². The van der Waals surface area contributed by atoms with Gasteiger partial charge < -0.3 is 10.5 Å². The van der Waals surface area contributed by atoms with Gasteiger partial charge in [0.15, 0.2) is 0 Å². The number of anilines is 1. The maximum atomic E-state index is 9.55. The molecule has 27 heavy (non-hydrogen) atoms. The molecule has 3 aromatic rings. The number of hydrogen-bond donors (Lipinski definition) is 1. The second kappa shape index (κ2) is 8.30. The van der Waals surface area contributed by atoms with Gasteiger partial charge in [-0.2, -0.15) is 5.26 Å². The van der Waals surface area contributed by atoms with E-state index in [4.69, 9.17) is 33.7 Å². The minimum Gasteiger partial charge on any atom is -0.494 e. The SMILES string of the molecule is CCCOc1ccc(-c2cc(-c3ccc(Cl)cc3Cl)nc(N)c2C#N)cc1. The van der Waals surface area contributed by atoms with Gasteiger partial charge in [-0.25, -0.2) is 4.98 Å². The molecule has 4 nitrogen and oxygen atoms in total. The molecular weight excluding hydrogens is 381 g/mol. The highest BCUT2D eigenvalue weighted by molar-refractivity contribution is 6.36. The van der Waals surface area contributed by atoms with Gasteiger partial charge in [0, 0.05) is 16.1 Å². The van der Waals surface area contributed by atoms with Crippen LogP contribution in [0.15, 0.2) is 48.5 Å². The van der Waals surface area contributed by atoms with Crippen molar-refractivity contribution in [2.24, 2.45) is 0 Å². The number of nitrogens with two attached hydrogens (primary N) is 1. The van der Waals surface area contributed by atoms with Crippen molar-refractivity contribution in [3.8, 4) is 34.2 Å². The lowest BCUT2D eigenvalue weighted by Gasteiger charge is -2.12. The number of nitrogen functional groups attached to an aromatic ring is 1. The Balaban J connectivity index is 2.09. The Morgan fingerprint density at radius 3 is 2.44 bits per heavy atom. The summed E-state index contributed by atoms with van der Waals surface area (Å²) in [6, 6.07) is 16.7. The molecule has 0 atom stereocenters. The molecule has 0 saturated carbocycles. The maximum absolute atomic E-state index is 9.55. The number of benzene rings is 2. The fourth-order valence-corrected chi connectivity index (χ4v) is 3.20. The molecule has 0 fully saturated rings. The largest absolute Gasteiger partial charge is 0.494 e. The molecule has 2 aromatic carbocycles. The summed E-state index contributed by atoms with van der Waals surface area (Å²) < 4.78 is 5.61. The maximum Gasteiger partial charge on any atom is 0.142 e. The second-order valence-electron chi connectivity index (χ2n) is 5.92. The fraction of sp³-hybridized carbons (Fsp3) is 0.143. The van der Waals surface area contributed by atoms with Crippen molar-refractivity contribution in [3.63, 3.8) is 0 Å². The lowest BCUT2D eigenvalue weighted by molar-refractivity contribution is 0.317. The van der Waals surface area contributed by atoms with Gasteiger partial charge in [-0.3, -0.25) is 0 Å². The van der Waals surface area contributed by atoms with E-state index in [0.29, 0.717) is 39.0 Å². The summed E-state index contributed by atoms with van der Waals surface area (Å²) in [5.41, 5.74) is 9.19. The first-order chi connectivity index (χ1) is 13.0. The highest BCUT2D eigenvalue weighted by Gasteiger charge is 2.15. The summed E-state index contributed by atoms with van der Waals surface area (Å²) in [5, 5.41) is 10.5. The van der Waals surface area contributed by atoms with Crippen molar-refractivity contribution in [2.75, 3.05) is 12.3 Å². The number of ether oxygens (including phenoxy) is 1. The number of aromatic nitrogens is 1. The zero-order valence-electron chi connectivity index (χ0n) is 14.7. The average Bonchev–Trinajstić information content (AvgIpc) is 2.66. The fourth-order valence-electron chi connectivity index (χ4n) is 2.70. The Hall–Kier alpha value is -2.74. The summed E-state index contributed by atoms with van der Waals surface area (Å²) in [4.78, 5) is 4.35. The van der Waals surface area contributed by atoms with Crippen LogP contribution >= 0.6 is 23.2 Å². The summed E-state index contributed by atoms with van der Waals surface area (Å²) >= 11 is 12.3. The quantitative estimate of drug-likeness (QED) is 0.575. The van der Waals surface area contributed by atoms with Gasteiger partial charge >= 0.3 is 0 Å². The van der Waals surface area contributed by atoms with E-state index in [1.54, 1.807) is 18.2 Å². The van der Waals surface area contributed by atoms with E-state index in [-0.39, 0.29) is 5.82 Å². The predicted molar refractivity (Wildman–Crippen MR) is 110 cm³/mol. The van der Waals surface area contributed by atoms with Gasteiger partial charge in [0.05, 0.1) is 17.3 Å². The Bertz CT molecular complexity index is 1010. The number of hydrogen-bond acceptors (Lipinski definition) is 4. The standard InChI is InChI=1S/C21H17Cl2N3O/c1-2-9-27-15-6-3-13(4-7-15)17-11-20(26-21(25)18(17)12-24)16-8-5-14(22)10-19(16)23/h3-8,10-11H,2,9H2,1H3,(H2,25,26). The predicted octanol–water partition coefficient (Wildman–Crippen LogP) is 5.97. The van der Waals surface area contributed by atoms with E-state index in [9.17, 15) is 5.26 Å². The van der Waals surface area contributed by atoms with Gasteiger partial charge in [-0.1, -0.05) is 42.3 Å². The normalized spacial score (nSPS) is 10.4. The molecule has 1 aromatic heterocycles. The summed E-state index contributed by atoms with van der Waals surface area (Å²) in [5.74, 6) is 0.935. The second-order valence-corrected chi connectivity index (χ2v) is 6.77. The molecule has 0 saturated heterocycles. The smallest absolute Gasteiger partial charge is 0.142 e. The molecule has 3 rings (SSSR count). The van der Waals surface area contributed by atoms with Crippen molar-refractivity contribution < 1.29 is 4.74 Å². The summed E-state index contributed by atoms with van der Waals surface area (Å²) in [7, 11) is 0. The van der Waals surface area contributed by atoms with Crippen molar-refractivity contribution in [3.05, 3.63) is 64.1 Å². The van der Waals surface area contributed by atoms with Crippen molar-refractivity contribution in [1.82, 2.24) is 4.98 Å². The minimum atomic E-state index is 0.155. The Morgan fingerprint density at radius 2 is 1.81 bits per heavy atom. The van der Waals surface area contributed by atoms with E-state index >= 15 is 0 Å². The molecule has 0 aliphatic carbocycles. The van der Waals surface area contributed by atoms with Crippen molar-refractivity contribution in [2.45, 2.75) is 13.3 Å². The average molecular weight is 398 g/mol. The molecule has 136 valence electrons. The summed E-state index contributed by atoms with van der Waals surface area (Å²) in [6.07, 6.45) is 0.937. The van der Waals surface area contributed by atoms with Crippen LogP contribution < -0.4 is 10.5 Å². The molecule has 0 amide bonds. The molecule has 2 N–H and O–H groups in total. The monoisotopic (exact) mass is 397 g/mol. The molecule has 0 aliphatic rings. The number of pyridine rings is 1. The molecule has 6 heteroatoms. The molecular formula is C21H17Cl2N3O. The number of halogens is 2. The Labute approximate surface area is 168 Å². The van der Waals surface area contributed by atoms with Crippen LogP contribution in [0.25, 0.3) is 22.4 Å². The van der Waals surface area contributed by atoms with Crippen LogP contribution in [-0.4, -0.2) is 11.6 Å². The van der Waals surface area contributed by atoms with Crippen LogP contribution in [0.2, 0.25) is 10.0 Å². The first-order valence-corrected chi connectivity index (χ1v) is 9.18. The minimum absolute atomic E-state index is 0.155. The lowest BCUT2D eigenvalue weighted by atomic mass is 9.98. The van der Waals surface area contributed by atoms with E-state index in [0.717, 1.165) is 17.7 Å². The van der Waals surface area contributed by atoms with Crippen molar-refractivity contribution in [1.29, 1.82) is 5.26 Å². The van der Waals surface area contributed by atoms with Crippen LogP contribution in [0, 0.1) is 11.3 Å². The zero-order valence-corrected chi connectivity index (χ0v) is 16.2. The highest BCUT2D eigenvalue weighted by atomic mass is 35.5. The lowest BCUT2D eigenvalue weighted by Crippen LogP contribution is -2.00. The van der Waals surface area contributed by atoms with Gasteiger partial charge in [-0.15, -0.1) is 0 Å². The number of nitriles is 1. The zero-order chi connectivity index (χ0) is 19.4. The topological polar surface area (TPSA) is 71.9 Å². The van der Waals surface area contributed by atoms with Crippen molar-refractivity contribution >= 4 is 29.0 Å². The van der Waals surface area contributed by atoms with Gasteiger partial charge in [0.25, 0.3) is 0 Å². The third-order valence-electron chi connectivity index (χ3n) is 4.00. The first-order valence-electron chi connectivity index (χ1n) is 8.42. The number of nitrogens with zero attached hydrogens (tertiary/aromatic N) is 2. The first kappa shape index (κ1) is 19.0. The van der Waals surface area contributed by atoms with Gasteiger partial charge in [0.1, 0.15) is 23.2 Å². The van der Waals surface area contributed by atoms with Crippen LogP contribution in [0.3, 0.4) is 0 Å². The van der Waals surface area contributed by atoms with Crippen LogP contribution in [-0.2, 0) is 0 Å². The van der Waals surface area contributed by atoms with Crippen LogP contribution in [0.4, 0.5) is 5.82 Å². The Kier molecular flexibility index (Phi) is 5.85. The molecule has 1 heterocycles. The van der Waals surface area contributed by atoms with E-state index in [2.05, 4.69) is 18.0 Å².